The van der Waals surface area contributed by atoms with Gasteiger partial charge in [-0.05, 0) is 86.2 Å². The van der Waals surface area contributed by atoms with Crippen molar-refractivity contribution < 1.29 is 9.59 Å². The number of hydrogen-bond donors (Lipinski definition) is 2. The second-order valence-corrected chi connectivity index (χ2v) is 12.4. The first-order chi connectivity index (χ1) is 19.5. The molecule has 3 heterocycles. The number of nitrogens with zero attached hydrogens (tertiary/aromatic N) is 3. The van der Waals surface area contributed by atoms with Crippen LogP contribution in [-0.4, -0.2) is 51.3 Å². The minimum Gasteiger partial charge on any atom is -0.337 e. The van der Waals surface area contributed by atoms with Gasteiger partial charge in [0.25, 0.3) is 11.8 Å². The number of aromatic nitrogens is 2. The third-order valence-electron chi connectivity index (χ3n) is 7.42. The molecule has 204 valence electrons. The summed E-state index contributed by atoms with van der Waals surface area (Å²) in [5.74, 6) is 2.45. The molecule has 0 radical (unpaired) electrons. The monoisotopic (exact) mass is 569 g/mol. The Morgan fingerprint density at radius 3 is 2.58 bits per heavy atom. The van der Waals surface area contributed by atoms with Crippen molar-refractivity contribution in [2.75, 3.05) is 35.2 Å². The number of benzene rings is 2. The summed E-state index contributed by atoms with van der Waals surface area (Å²) in [4.78, 5) is 39.0. The molecule has 1 aliphatic carbocycles. The van der Waals surface area contributed by atoms with E-state index in [2.05, 4.69) is 21.7 Å². The molecule has 7 nitrogen and oxygen atoms in total. The van der Waals surface area contributed by atoms with Crippen LogP contribution >= 0.6 is 23.1 Å². The molecule has 0 unspecified atom stereocenters. The van der Waals surface area contributed by atoms with Crippen molar-refractivity contribution in [1.29, 1.82) is 0 Å². The molecule has 0 atom stereocenters. The summed E-state index contributed by atoms with van der Waals surface area (Å²) in [6.07, 6.45) is 6.27. The van der Waals surface area contributed by atoms with Gasteiger partial charge in [-0.15, -0.1) is 11.3 Å². The van der Waals surface area contributed by atoms with Crippen molar-refractivity contribution in [1.82, 2.24) is 14.9 Å². The van der Waals surface area contributed by atoms with E-state index in [-0.39, 0.29) is 11.8 Å². The molecule has 2 amide bonds. The SMILES string of the molecule is Cc1c(NC(=O)c2cc3c(s2)CCCC3)cccc1-c1ccnc(Nc2ccc(C(=O)N3CCSCC3)cc2)n1. The Morgan fingerprint density at radius 2 is 1.77 bits per heavy atom. The highest BCUT2D eigenvalue weighted by Crippen LogP contribution is 2.32. The summed E-state index contributed by atoms with van der Waals surface area (Å²) in [5, 5.41) is 6.37. The number of fused-ring (bicyclic) bond motifs is 1. The fourth-order valence-electron chi connectivity index (χ4n) is 5.18. The fourth-order valence-corrected chi connectivity index (χ4v) is 7.23. The molecule has 2 N–H and O–H groups in total. The van der Waals surface area contributed by atoms with Gasteiger partial charge in [-0.3, -0.25) is 9.59 Å². The lowest BCUT2D eigenvalue weighted by atomic mass is 9.99. The molecule has 1 saturated heterocycles. The minimum absolute atomic E-state index is 0.0641. The van der Waals surface area contributed by atoms with Gasteiger partial charge in [-0.25, -0.2) is 9.97 Å². The average Bonchev–Trinajstić information content (AvgIpc) is 3.44. The summed E-state index contributed by atoms with van der Waals surface area (Å²) in [6, 6.07) is 17.2. The third kappa shape index (κ3) is 5.76. The normalized spacial score (nSPS) is 14.9. The summed E-state index contributed by atoms with van der Waals surface area (Å²) in [6.45, 7) is 3.59. The van der Waals surface area contributed by atoms with Crippen LogP contribution in [0, 0.1) is 6.92 Å². The maximum Gasteiger partial charge on any atom is 0.265 e. The van der Waals surface area contributed by atoms with Gasteiger partial charge in [0.05, 0.1) is 10.6 Å². The molecule has 2 aromatic carbocycles. The highest BCUT2D eigenvalue weighted by molar-refractivity contribution is 7.99. The highest BCUT2D eigenvalue weighted by Gasteiger charge is 2.20. The molecule has 4 aromatic rings. The van der Waals surface area contributed by atoms with Crippen LogP contribution in [-0.2, 0) is 12.8 Å². The topological polar surface area (TPSA) is 87.2 Å². The van der Waals surface area contributed by atoms with Gasteiger partial charge >= 0.3 is 0 Å². The first-order valence-electron chi connectivity index (χ1n) is 13.7. The standard InChI is InChI=1S/C31H31N5O2S2/c1-20-24(6-4-7-25(20)34-29(37)28-19-22-5-2-3-8-27(22)40-28)26-13-14-32-31(35-26)33-23-11-9-21(10-12-23)30(38)36-15-17-39-18-16-36/h4,6-7,9-14,19H,2-3,5,8,15-18H2,1H3,(H,34,37)(H,32,33,35). The van der Waals surface area contributed by atoms with Crippen LogP contribution in [0.2, 0.25) is 0 Å². The Labute approximate surface area is 242 Å². The number of aryl methyl sites for hydroxylation is 2. The van der Waals surface area contributed by atoms with Gasteiger partial charge in [0.2, 0.25) is 5.95 Å². The van der Waals surface area contributed by atoms with Gasteiger partial charge in [0.15, 0.2) is 0 Å². The van der Waals surface area contributed by atoms with E-state index in [1.807, 2.05) is 72.1 Å². The predicted molar refractivity (Wildman–Crippen MR) is 164 cm³/mol. The number of amides is 2. The quantitative estimate of drug-likeness (QED) is 0.273. The summed E-state index contributed by atoms with van der Waals surface area (Å²) >= 11 is 3.50. The molecule has 1 fully saturated rings. The number of nitrogens with one attached hydrogen (secondary N) is 2. The molecule has 9 heteroatoms. The minimum atomic E-state index is -0.0641. The first kappa shape index (κ1) is 26.5. The third-order valence-corrected chi connectivity index (χ3v) is 9.60. The van der Waals surface area contributed by atoms with Crippen molar-refractivity contribution in [3.8, 4) is 11.3 Å². The van der Waals surface area contributed by atoms with Gasteiger partial charge < -0.3 is 15.5 Å². The second kappa shape index (κ2) is 11.8. The van der Waals surface area contributed by atoms with Crippen molar-refractivity contribution in [2.45, 2.75) is 32.6 Å². The number of thiophene rings is 1. The molecule has 2 aromatic heterocycles. The van der Waals surface area contributed by atoms with E-state index in [4.69, 9.17) is 4.98 Å². The lowest BCUT2D eigenvalue weighted by molar-refractivity contribution is 0.0772. The van der Waals surface area contributed by atoms with Crippen LogP contribution in [0.1, 0.15) is 48.9 Å². The predicted octanol–water partition coefficient (Wildman–Crippen LogP) is 6.58. The Bertz CT molecular complexity index is 1520. The summed E-state index contributed by atoms with van der Waals surface area (Å²) in [7, 11) is 0. The van der Waals surface area contributed by atoms with Crippen LogP contribution < -0.4 is 10.6 Å². The Hall–Kier alpha value is -3.69. The van der Waals surface area contributed by atoms with Crippen molar-refractivity contribution in [3.05, 3.63) is 87.2 Å². The average molecular weight is 570 g/mol. The van der Waals surface area contributed by atoms with Gasteiger partial charge in [0.1, 0.15) is 0 Å². The molecular formula is C31H31N5O2S2. The number of carbonyl (C=O) groups is 2. The van der Waals surface area contributed by atoms with Gasteiger partial charge in [0, 0.05) is 58.2 Å². The Balaban J connectivity index is 1.16. The molecule has 6 rings (SSSR count). The maximum atomic E-state index is 13.1. The molecular weight excluding hydrogens is 539 g/mol. The van der Waals surface area contributed by atoms with E-state index in [1.54, 1.807) is 17.5 Å². The lowest BCUT2D eigenvalue weighted by Gasteiger charge is -2.26. The molecule has 2 aliphatic rings. The molecule has 40 heavy (non-hydrogen) atoms. The van der Waals surface area contributed by atoms with Crippen LogP contribution in [0.15, 0.2) is 60.8 Å². The molecule has 0 saturated carbocycles. The lowest BCUT2D eigenvalue weighted by Crippen LogP contribution is -2.37. The largest absolute Gasteiger partial charge is 0.337 e. The van der Waals surface area contributed by atoms with Crippen LogP contribution in [0.5, 0.6) is 0 Å². The van der Waals surface area contributed by atoms with E-state index in [0.717, 1.165) is 70.5 Å². The van der Waals surface area contributed by atoms with Gasteiger partial charge in [-0.1, -0.05) is 12.1 Å². The fraction of sp³-hybridized carbons (Fsp3) is 0.290. The van der Waals surface area contributed by atoms with Crippen molar-refractivity contribution in [3.63, 3.8) is 0 Å². The van der Waals surface area contributed by atoms with Gasteiger partial charge in [-0.2, -0.15) is 11.8 Å². The number of carbonyl (C=O) groups excluding carboxylic acids is 2. The first-order valence-corrected chi connectivity index (χ1v) is 15.6. The molecule has 1 aliphatic heterocycles. The zero-order valence-electron chi connectivity index (χ0n) is 22.4. The zero-order valence-corrected chi connectivity index (χ0v) is 24.0. The zero-order chi connectivity index (χ0) is 27.5. The van der Waals surface area contributed by atoms with Crippen LogP contribution in [0.4, 0.5) is 17.3 Å². The van der Waals surface area contributed by atoms with E-state index in [1.165, 1.54) is 23.3 Å². The highest BCUT2D eigenvalue weighted by atomic mass is 32.2. The number of thioether (sulfide) groups is 1. The van der Waals surface area contributed by atoms with E-state index in [0.29, 0.717) is 11.5 Å². The summed E-state index contributed by atoms with van der Waals surface area (Å²) < 4.78 is 0. The Morgan fingerprint density at radius 1 is 0.975 bits per heavy atom. The number of rotatable bonds is 6. The molecule has 0 spiro atoms. The number of anilines is 3. The van der Waals surface area contributed by atoms with E-state index in [9.17, 15) is 9.59 Å². The van der Waals surface area contributed by atoms with E-state index < -0.39 is 0 Å². The maximum absolute atomic E-state index is 13.1. The van der Waals surface area contributed by atoms with Crippen LogP contribution in [0.25, 0.3) is 11.3 Å². The summed E-state index contributed by atoms with van der Waals surface area (Å²) in [5.41, 5.74) is 6.22. The smallest absolute Gasteiger partial charge is 0.265 e. The van der Waals surface area contributed by atoms with Crippen molar-refractivity contribution >= 4 is 52.2 Å². The van der Waals surface area contributed by atoms with Crippen molar-refractivity contribution in [2.24, 2.45) is 0 Å². The second-order valence-electron chi connectivity index (χ2n) is 10.1. The number of hydrogen-bond acceptors (Lipinski definition) is 7. The van der Waals surface area contributed by atoms with E-state index >= 15 is 0 Å². The molecule has 0 bridgehead atoms. The van der Waals surface area contributed by atoms with Crippen LogP contribution in [0.3, 0.4) is 0 Å². The Kier molecular flexibility index (Phi) is 7.84.